The smallest absolute Gasteiger partial charge is 0.229 e. The fourth-order valence-corrected chi connectivity index (χ4v) is 3.26. The normalized spacial score (nSPS) is 10.8. The Morgan fingerprint density at radius 3 is 2.88 bits per heavy atom. The highest BCUT2D eigenvalue weighted by Crippen LogP contribution is 2.36. The highest BCUT2D eigenvalue weighted by molar-refractivity contribution is 7.99. The molecule has 0 atom stereocenters. The number of hydrogen-bond donors (Lipinski definition) is 1. The van der Waals surface area contributed by atoms with E-state index in [4.69, 9.17) is 4.84 Å². The van der Waals surface area contributed by atoms with Gasteiger partial charge in [0, 0.05) is 25.4 Å². The quantitative estimate of drug-likeness (QED) is 0.567. The van der Waals surface area contributed by atoms with E-state index in [-0.39, 0.29) is 5.91 Å². The van der Waals surface area contributed by atoms with Gasteiger partial charge >= 0.3 is 0 Å². The molecule has 0 unspecified atom stereocenters. The number of rotatable bonds is 5. The van der Waals surface area contributed by atoms with Crippen molar-refractivity contribution in [3.05, 3.63) is 42.9 Å². The van der Waals surface area contributed by atoms with Crippen molar-refractivity contribution in [1.29, 1.82) is 0 Å². The average molecular weight is 343 g/mol. The van der Waals surface area contributed by atoms with Crippen LogP contribution in [0.2, 0.25) is 0 Å². The number of amides is 1. The molecule has 0 bridgehead atoms. The first-order valence-electron chi connectivity index (χ1n) is 7.21. The summed E-state index contributed by atoms with van der Waals surface area (Å²) in [6, 6.07) is 7.31. The van der Waals surface area contributed by atoms with Crippen LogP contribution in [-0.2, 0) is 9.63 Å². The number of hydrogen-bond acceptors (Lipinski definition) is 6. The molecule has 0 saturated carbocycles. The molecule has 1 N–H and O–H groups in total. The molecule has 0 fully saturated rings. The average Bonchev–Trinajstić information content (AvgIpc) is 3.04. The van der Waals surface area contributed by atoms with Crippen LogP contribution in [0, 0.1) is 0 Å². The number of carbonyl (C=O) groups excluding carboxylic acids is 1. The maximum Gasteiger partial charge on any atom is 0.229 e. The summed E-state index contributed by atoms with van der Waals surface area (Å²) in [5.41, 5.74) is 5.17. The van der Waals surface area contributed by atoms with Gasteiger partial charge in [0.05, 0.1) is 35.1 Å². The van der Waals surface area contributed by atoms with E-state index in [1.54, 1.807) is 45.7 Å². The summed E-state index contributed by atoms with van der Waals surface area (Å²) < 4.78 is 1.78. The van der Waals surface area contributed by atoms with Crippen LogP contribution in [0.15, 0.2) is 47.8 Å². The molecule has 0 radical (unpaired) electrons. The summed E-state index contributed by atoms with van der Waals surface area (Å²) in [5.74, 6) is 0.389. The number of carbonyl (C=O) groups is 1. The van der Waals surface area contributed by atoms with E-state index >= 15 is 0 Å². The lowest BCUT2D eigenvalue weighted by Crippen LogP contribution is -2.24. The molecule has 1 amide bonds. The molecular weight excluding hydrogens is 326 g/mol. The second kappa shape index (κ2) is 6.90. The molecule has 24 heavy (non-hydrogen) atoms. The third-order valence-electron chi connectivity index (χ3n) is 3.46. The van der Waals surface area contributed by atoms with E-state index in [2.05, 4.69) is 15.6 Å². The minimum Gasteiger partial charge on any atom is -0.279 e. The van der Waals surface area contributed by atoms with E-state index in [9.17, 15) is 4.79 Å². The molecule has 0 aliphatic heterocycles. The Morgan fingerprint density at radius 1 is 1.33 bits per heavy atom. The van der Waals surface area contributed by atoms with Gasteiger partial charge in [-0.15, -0.1) is 11.8 Å². The molecule has 3 rings (SSSR count). The fourth-order valence-electron chi connectivity index (χ4n) is 2.52. The van der Waals surface area contributed by atoms with Gasteiger partial charge in [-0.2, -0.15) is 5.10 Å². The predicted octanol–water partition coefficient (Wildman–Crippen LogP) is 3.11. The highest BCUT2D eigenvalue weighted by Gasteiger charge is 2.21. The van der Waals surface area contributed by atoms with Gasteiger partial charge in [0.1, 0.15) is 5.82 Å². The third kappa shape index (κ3) is 2.93. The predicted molar refractivity (Wildman–Crippen MR) is 94.7 cm³/mol. The maximum absolute atomic E-state index is 12.4. The number of thioether (sulfide) groups is 1. The van der Waals surface area contributed by atoms with Crippen molar-refractivity contribution in [2.24, 2.45) is 0 Å². The van der Waals surface area contributed by atoms with Gasteiger partial charge in [-0.3, -0.25) is 20.0 Å². The van der Waals surface area contributed by atoms with Gasteiger partial charge in [-0.1, -0.05) is 0 Å². The SMILES string of the molecule is CONc1ccnc(N(C(C)=O)c2ccn3nccc3c2SC)c1. The summed E-state index contributed by atoms with van der Waals surface area (Å²) in [7, 11) is 1.53. The van der Waals surface area contributed by atoms with Crippen molar-refractivity contribution in [3.8, 4) is 0 Å². The Balaban J connectivity index is 2.15. The molecule has 0 aromatic carbocycles. The van der Waals surface area contributed by atoms with Crippen LogP contribution in [0.4, 0.5) is 17.2 Å². The molecule has 3 aromatic heterocycles. The van der Waals surface area contributed by atoms with Crippen molar-refractivity contribution in [3.63, 3.8) is 0 Å². The molecule has 8 heteroatoms. The van der Waals surface area contributed by atoms with Gasteiger partial charge in [-0.05, 0) is 24.5 Å². The van der Waals surface area contributed by atoms with Gasteiger partial charge in [0.25, 0.3) is 0 Å². The first-order valence-corrected chi connectivity index (χ1v) is 8.44. The van der Waals surface area contributed by atoms with E-state index < -0.39 is 0 Å². The van der Waals surface area contributed by atoms with E-state index in [0.29, 0.717) is 11.5 Å². The second-order valence-electron chi connectivity index (χ2n) is 4.96. The zero-order valence-corrected chi connectivity index (χ0v) is 14.4. The van der Waals surface area contributed by atoms with E-state index in [1.807, 2.05) is 24.6 Å². The van der Waals surface area contributed by atoms with Gasteiger partial charge in [0.2, 0.25) is 5.91 Å². The Hall–Kier alpha value is -2.58. The van der Waals surface area contributed by atoms with Gasteiger partial charge in [0.15, 0.2) is 0 Å². The summed E-state index contributed by atoms with van der Waals surface area (Å²) in [5, 5.41) is 4.24. The van der Waals surface area contributed by atoms with Crippen LogP contribution in [0.1, 0.15) is 6.92 Å². The Bertz CT molecular complexity index is 880. The van der Waals surface area contributed by atoms with Crippen LogP contribution >= 0.6 is 11.8 Å². The minimum absolute atomic E-state index is 0.128. The van der Waals surface area contributed by atoms with Gasteiger partial charge < -0.3 is 0 Å². The maximum atomic E-state index is 12.4. The molecule has 0 spiro atoms. The Morgan fingerprint density at radius 2 is 2.17 bits per heavy atom. The van der Waals surface area contributed by atoms with Crippen LogP contribution in [0.3, 0.4) is 0 Å². The Labute approximate surface area is 143 Å². The minimum atomic E-state index is -0.128. The summed E-state index contributed by atoms with van der Waals surface area (Å²) in [6.45, 7) is 1.52. The zero-order valence-electron chi connectivity index (χ0n) is 13.6. The molecule has 0 saturated heterocycles. The van der Waals surface area contributed by atoms with E-state index in [0.717, 1.165) is 16.1 Å². The summed E-state index contributed by atoms with van der Waals surface area (Å²) >= 11 is 1.56. The van der Waals surface area contributed by atoms with E-state index in [1.165, 1.54) is 14.0 Å². The monoisotopic (exact) mass is 343 g/mol. The van der Waals surface area contributed by atoms with Crippen LogP contribution < -0.4 is 10.4 Å². The third-order valence-corrected chi connectivity index (χ3v) is 4.29. The van der Waals surface area contributed by atoms with Crippen molar-refractivity contribution >= 4 is 40.4 Å². The molecular formula is C16H17N5O2S. The fraction of sp³-hybridized carbons (Fsp3) is 0.188. The first kappa shape index (κ1) is 16.3. The second-order valence-corrected chi connectivity index (χ2v) is 5.78. The lowest BCUT2D eigenvalue weighted by molar-refractivity contribution is -0.115. The standard InChI is InChI=1S/C16H17N5O2S/c1-11(22)21(15-10-12(19-23-2)4-7-17-15)14-6-9-20-13(5-8-18-20)16(14)24-3/h4-10H,1-3H3,(H,17,19). The molecule has 124 valence electrons. The molecule has 3 heterocycles. The number of aromatic nitrogens is 3. The van der Waals surface area contributed by atoms with Crippen molar-refractivity contribution in [2.75, 3.05) is 23.7 Å². The van der Waals surface area contributed by atoms with Crippen molar-refractivity contribution in [2.45, 2.75) is 11.8 Å². The molecule has 0 aliphatic rings. The number of nitrogens with one attached hydrogen (secondary N) is 1. The number of pyridine rings is 2. The molecule has 0 aliphatic carbocycles. The molecule has 3 aromatic rings. The lowest BCUT2D eigenvalue weighted by atomic mass is 10.3. The molecule has 7 nitrogen and oxygen atoms in total. The van der Waals surface area contributed by atoms with Crippen molar-refractivity contribution < 1.29 is 9.63 Å². The first-order chi connectivity index (χ1) is 11.7. The van der Waals surface area contributed by atoms with Gasteiger partial charge in [-0.25, -0.2) is 9.50 Å². The largest absolute Gasteiger partial charge is 0.279 e. The highest BCUT2D eigenvalue weighted by atomic mass is 32.2. The van der Waals surface area contributed by atoms with Crippen LogP contribution in [0.25, 0.3) is 5.52 Å². The number of fused-ring (bicyclic) bond motifs is 1. The topological polar surface area (TPSA) is 71.8 Å². The lowest BCUT2D eigenvalue weighted by Gasteiger charge is -2.23. The van der Waals surface area contributed by atoms with Crippen molar-refractivity contribution in [1.82, 2.24) is 14.6 Å². The van der Waals surface area contributed by atoms with Crippen LogP contribution in [0.5, 0.6) is 0 Å². The zero-order chi connectivity index (χ0) is 17.1. The number of nitrogens with zero attached hydrogens (tertiary/aromatic N) is 4. The summed E-state index contributed by atoms with van der Waals surface area (Å²) in [4.78, 5) is 24.2. The Kier molecular flexibility index (Phi) is 4.68. The number of anilines is 3. The summed E-state index contributed by atoms with van der Waals surface area (Å²) in [6.07, 6.45) is 7.17. The van der Waals surface area contributed by atoms with Crippen LogP contribution in [-0.4, -0.2) is 33.9 Å².